The smallest absolute Gasteiger partial charge is 0.156 e. The monoisotopic (exact) mass is 309 g/mol. The highest BCUT2D eigenvalue weighted by Crippen LogP contribution is 2.47. The van der Waals surface area contributed by atoms with Crippen LogP contribution in [0.3, 0.4) is 0 Å². The first-order chi connectivity index (χ1) is 9.84. The van der Waals surface area contributed by atoms with Gasteiger partial charge in [0.15, 0.2) is 9.84 Å². The number of sulfone groups is 1. The second-order valence-corrected chi connectivity index (χ2v) is 9.13. The van der Waals surface area contributed by atoms with Crippen LogP contribution >= 0.6 is 0 Å². The molecule has 0 saturated carbocycles. The van der Waals surface area contributed by atoms with Gasteiger partial charge in [-0.1, -0.05) is 24.6 Å². The standard InChI is InChI=1S/C16H23NO3S/c1-17(2)15-9-4-3-8-14(15)16(18)10-12-6-5-7-13(11-16)21(12,19)20/h3-4,8-9,12-13,18H,5-7,10-11H2,1-2H3. The average Bonchev–Trinajstić information content (AvgIpc) is 2.41. The van der Waals surface area contributed by atoms with Crippen LogP contribution in [0.1, 0.15) is 37.7 Å². The van der Waals surface area contributed by atoms with Crippen molar-refractivity contribution in [1.82, 2.24) is 0 Å². The van der Waals surface area contributed by atoms with E-state index in [1.807, 2.05) is 43.3 Å². The van der Waals surface area contributed by atoms with Gasteiger partial charge in [-0.05, 0) is 31.7 Å². The molecule has 2 aliphatic heterocycles. The van der Waals surface area contributed by atoms with E-state index in [1.165, 1.54) is 0 Å². The molecule has 0 spiro atoms. The normalized spacial score (nSPS) is 34.4. The molecule has 1 N–H and O–H groups in total. The number of para-hydroxylation sites is 1. The Balaban J connectivity index is 2.04. The van der Waals surface area contributed by atoms with Crippen molar-refractivity contribution in [3.8, 4) is 0 Å². The van der Waals surface area contributed by atoms with Crippen molar-refractivity contribution in [2.24, 2.45) is 0 Å². The van der Waals surface area contributed by atoms with Gasteiger partial charge in [0, 0.05) is 25.3 Å². The molecule has 2 atom stereocenters. The molecule has 4 nitrogen and oxygen atoms in total. The summed E-state index contributed by atoms with van der Waals surface area (Å²) < 4.78 is 24.8. The summed E-state index contributed by atoms with van der Waals surface area (Å²) in [6, 6.07) is 7.77. The highest BCUT2D eigenvalue weighted by Gasteiger charge is 2.51. The van der Waals surface area contributed by atoms with E-state index in [0.717, 1.165) is 17.7 Å². The number of nitrogens with zero attached hydrogens (tertiary/aromatic N) is 1. The fourth-order valence-corrected chi connectivity index (χ4v) is 6.47. The number of fused-ring (bicyclic) bond motifs is 2. The van der Waals surface area contributed by atoms with Gasteiger partial charge in [-0.3, -0.25) is 0 Å². The Kier molecular flexibility index (Phi) is 3.53. The summed E-state index contributed by atoms with van der Waals surface area (Å²) in [6.07, 6.45) is 2.99. The maximum atomic E-state index is 12.4. The lowest BCUT2D eigenvalue weighted by Crippen LogP contribution is -2.50. The van der Waals surface area contributed by atoms with Gasteiger partial charge in [-0.15, -0.1) is 0 Å². The molecule has 0 aromatic heterocycles. The summed E-state index contributed by atoms with van der Waals surface area (Å²) in [7, 11) is 0.843. The van der Waals surface area contributed by atoms with Gasteiger partial charge in [0.1, 0.15) is 0 Å². The minimum absolute atomic E-state index is 0.330. The average molecular weight is 309 g/mol. The SMILES string of the molecule is CN(C)c1ccccc1C1(O)CC2CCCC(C1)S2(=O)=O. The fourth-order valence-electron chi connectivity index (χ4n) is 3.92. The zero-order chi connectivity index (χ0) is 15.3. The molecule has 2 heterocycles. The lowest BCUT2D eigenvalue weighted by atomic mass is 9.79. The number of rotatable bonds is 2. The van der Waals surface area contributed by atoms with Gasteiger partial charge in [-0.25, -0.2) is 8.42 Å². The van der Waals surface area contributed by atoms with E-state index >= 15 is 0 Å². The Hall–Kier alpha value is -1.07. The summed E-state index contributed by atoms with van der Waals surface area (Å²) in [4.78, 5) is 1.98. The quantitative estimate of drug-likeness (QED) is 0.908. The lowest BCUT2D eigenvalue weighted by Gasteiger charge is -2.45. The van der Waals surface area contributed by atoms with Crippen LogP contribution in [0.15, 0.2) is 24.3 Å². The number of hydrogen-bond acceptors (Lipinski definition) is 4. The molecule has 2 fully saturated rings. The van der Waals surface area contributed by atoms with Gasteiger partial charge in [-0.2, -0.15) is 0 Å². The van der Waals surface area contributed by atoms with Crippen molar-refractivity contribution in [2.45, 2.75) is 48.2 Å². The van der Waals surface area contributed by atoms with Crippen molar-refractivity contribution in [3.05, 3.63) is 29.8 Å². The molecule has 116 valence electrons. The van der Waals surface area contributed by atoms with Crippen LogP contribution in [-0.4, -0.2) is 38.1 Å². The van der Waals surface area contributed by atoms with Gasteiger partial charge < -0.3 is 10.0 Å². The third-order valence-electron chi connectivity index (χ3n) is 5.00. The first kappa shape index (κ1) is 14.9. The van der Waals surface area contributed by atoms with E-state index in [9.17, 15) is 13.5 Å². The van der Waals surface area contributed by atoms with Crippen LogP contribution in [0.25, 0.3) is 0 Å². The zero-order valence-corrected chi connectivity index (χ0v) is 13.4. The van der Waals surface area contributed by atoms with Crippen LogP contribution in [0, 0.1) is 0 Å². The van der Waals surface area contributed by atoms with E-state index < -0.39 is 15.4 Å². The lowest BCUT2D eigenvalue weighted by molar-refractivity contribution is 0.00549. The van der Waals surface area contributed by atoms with Crippen LogP contribution < -0.4 is 4.90 Å². The molecule has 2 bridgehead atoms. The third kappa shape index (κ3) is 2.36. The summed E-state index contributed by atoms with van der Waals surface area (Å²) in [5, 5.41) is 10.5. The Morgan fingerprint density at radius 3 is 2.29 bits per heavy atom. The Morgan fingerprint density at radius 2 is 1.71 bits per heavy atom. The van der Waals surface area contributed by atoms with Gasteiger partial charge in [0.2, 0.25) is 0 Å². The van der Waals surface area contributed by atoms with Crippen molar-refractivity contribution in [2.75, 3.05) is 19.0 Å². The maximum Gasteiger partial charge on any atom is 0.156 e. The summed E-state index contributed by atoms with van der Waals surface area (Å²) in [5.74, 6) is 0. The minimum atomic E-state index is -3.05. The van der Waals surface area contributed by atoms with Gasteiger partial charge in [0.05, 0.1) is 16.1 Å². The molecule has 21 heavy (non-hydrogen) atoms. The summed E-state index contributed by atoms with van der Waals surface area (Å²) in [5.41, 5.74) is 0.807. The molecular formula is C16H23NO3S. The summed E-state index contributed by atoms with van der Waals surface area (Å²) in [6.45, 7) is 0. The molecule has 1 aromatic carbocycles. The molecule has 5 heteroatoms. The van der Waals surface area contributed by atoms with Crippen LogP contribution in [0.5, 0.6) is 0 Å². The molecule has 0 amide bonds. The Morgan fingerprint density at radius 1 is 1.14 bits per heavy atom. The molecule has 3 rings (SSSR count). The van der Waals surface area contributed by atoms with Crippen molar-refractivity contribution >= 4 is 15.5 Å². The fraction of sp³-hybridized carbons (Fsp3) is 0.625. The summed E-state index contributed by atoms with van der Waals surface area (Å²) >= 11 is 0. The van der Waals surface area contributed by atoms with E-state index in [0.29, 0.717) is 25.7 Å². The largest absolute Gasteiger partial charge is 0.385 e. The number of aliphatic hydroxyl groups is 1. The number of hydrogen-bond donors (Lipinski definition) is 1. The van der Waals surface area contributed by atoms with Gasteiger partial charge in [0.25, 0.3) is 0 Å². The molecule has 0 aliphatic carbocycles. The minimum Gasteiger partial charge on any atom is -0.385 e. The molecular weight excluding hydrogens is 286 g/mol. The predicted molar refractivity (Wildman–Crippen MR) is 84.2 cm³/mol. The molecule has 1 aromatic rings. The van der Waals surface area contributed by atoms with E-state index in [2.05, 4.69) is 0 Å². The number of benzene rings is 1. The maximum absolute atomic E-state index is 12.4. The van der Waals surface area contributed by atoms with Crippen LogP contribution in [0.2, 0.25) is 0 Å². The van der Waals surface area contributed by atoms with Gasteiger partial charge >= 0.3 is 0 Å². The van der Waals surface area contributed by atoms with Crippen LogP contribution in [0.4, 0.5) is 5.69 Å². The molecule has 2 aliphatic rings. The zero-order valence-electron chi connectivity index (χ0n) is 12.6. The highest BCUT2D eigenvalue weighted by atomic mass is 32.2. The van der Waals surface area contributed by atoms with Crippen molar-refractivity contribution in [3.63, 3.8) is 0 Å². The topological polar surface area (TPSA) is 57.6 Å². The first-order valence-corrected chi connectivity index (χ1v) is 9.17. The number of anilines is 1. The first-order valence-electron chi connectivity index (χ1n) is 7.56. The van der Waals surface area contributed by atoms with Crippen molar-refractivity contribution < 1.29 is 13.5 Å². The van der Waals surface area contributed by atoms with Crippen molar-refractivity contribution in [1.29, 1.82) is 0 Å². The second-order valence-electron chi connectivity index (χ2n) is 6.62. The third-order valence-corrected chi connectivity index (χ3v) is 7.66. The highest BCUT2D eigenvalue weighted by molar-refractivity contribution is 7.92. The second kappa shape index (κ2) is 4.99. The van der Waals surface area contributed by atoms with E-state index in [1.54, 1.807) is 0 Å². The Bertz CT molecular complexity index is 619. The predicted octanol–water partition coefficient (Wildman–Crippen LogP) is 2.07. The van der Waals surface area contributed by atoms with E-state index in [4.69, 9.17) is 0 Å². The Labute approximate surface area is 126 Å². The van der Waals surface area contributed by atoms with E-state index in [-0.39, 0.29) is 10.5 Å². The van der Waals surface area contributed by atoms with Crippen LogP contribution in [-0.2, 0) is 15.4 Å². The molecule has 2 saturated heterocycles. The molecule has 2 unspecified atom stereocenters. The molecule has 0 radical (unpaired) electrons.